The van der Waals surface area contributed by atoms with Gasteiger partial charge in [0.15, 0.2) is 0 Å². The Labute approximate surface area is 133 Å². The molecule has 1 fully saturated rings. The van der Waals surface area contributed by atoms with E-state index in [4.69, 9.17) is 0 Å². The number of benzene rings is 1. The van der Waals surface area contributed by atoms with Crippen LogP contribution in [0.5, 0.6) is 0 Å². The molecule has 2 rings (SSSR count). The molecule has 1 amide bonds. The third kappa shape index (κ3) is 4.47. The van der Waals surface area contributed by atoms with E-state index in [0.29, 0.717) is 5.56 Å². The Balaban J connectivity index is 1.90. The second-order valence-corrected chi connectivity index (χ2v) is 7.19. The number of piperidine rings is 1. The van der Waals surface area contributed by atoms with Crippen molar-refractivity contribution in [2.24, 2.45) is 5.41 Å². The Bertz CT molecular complexity index is 485. The summed E-state index contributed by atoms with van der Waals surface area (Å²) in [6, 6.07) is 7.76. The summed E-state index contributed by atoms with van der Waals surface area (Å²) in [5.41, 5.74) is 1.60. The number of hydrogen-bond acceptors (Lipinski definition) is 3. The molecule has 1 saturated heterocycles. The largest absolute Gasteiger partial charge is 0.391 e. The molecular weight excluding hydrogens is 276 g/mol. The van der Waals surface area contributed by atoms with E-state index in [1.807, 2.05) is 45.0 Å². The highest BCUT2D eigenvalue weighted by Gasteiger charge is 2.22. The van der Waals surface area contributed by atoms with Crippen molar-refractivity contribution in [2.45, 2.75) is 46.1 Å². The molecule has 1 aromatic rings. The van der Waals surface area contributed by atoms with Gasteiger partial charge in [0.25, 0.3) is 5.91 Å². The van der Waals surface area contributed by atoms with Crippen LogP contribution in [0.4, 0.5) is 5.69 Å². The van der Waals surface area contributed by atoms with Crippen LogP contribution in [-0.2, 0) is 0 Å². The normalized spacial score (nSPS) is 17.2. The number of aliphatic hydroxyl groups excluding tert-OH is 1. The standard InChI is InChI=1S/C18H28N2O2/c1-18(2,3)16(21)13-19-17(22)14-7-9-15(10-8-14)20-11-5-4-6-12-20/h7-10,16,21H,4-6,11-13H2,1-3H3,(H,19,22)/t16-/m0/s1. The molecule has 4 nitrogen and oxygen atoms in total. The first-order valence-electron chi connectivity index (χ1n) is 8.19. The summed E-state index contributed by atoms with van der Waals surface area (Å²) in [6.45, 7) is 8.34. The van der Waals surface area contributed by atoms with Crippen LogP contribution >= 0.6 is 0 Å². The number of hydrogen-bond donors (Lipinski definition) is 2. The lowest BCUT2D eigenvalue weighted by Gasteiger charge is -2.29. The second kappa shape index (κ2) is 7.14. The molecule has 2 N–H and O–H groups in total. The van der Waals surface area contributed by atoms with E-state index in [0.717, 1.165) is 13.1 Å². The van der Waals surface area contributed by atoms with Gasteiger partial charge in [-0.15, -0.1) is 0 Å². The highest BCUT2D eigenvalue weighted by Crippen LogP contribution is 2.21. The Kier molecular flexibility index (Phi) is 5.46. The summed E-state index contributed by atoms with van der Waals surface area (Å²) in [6.07, 6.45) is 3.25. The van der Waals surface area contributed by atoms with E-state index in [1.165, 1.54) is 24.9 Å². The highest BCUT2D eigenvalue weighted by molar-refractivity contribution is 5.94. The van der Waals surface area contributed by atoms with E-state index >= 15 is 0 Å². The van der Waals surface area contributed by atoms with Crippen LogP contribution in [0.25, 0.3) is 0 Å². The fourth-order valence-electron chi connectivity index (χ4n) is 2.57. The van der Waals surface area contributed by atoms with Gasteiger partial charge in [0.05, 0.1) is 6.10 Å². The van der Waals surface area contributed by atoms with Gasteiger partial charge >= 0.3 is 0 Å². The van der Waals surface area contributed by atoms with E-state index < -0.39 is 6.10 Å². The average molecular weight is 304 g/mol. The topological polar surface area (TPSA) is 52.6 Å². The van der Waals surface area contributed by atoms with Crippen LogP contribution in [0, 0.1) is 5.41 Å². The third-order valence-corrected chi connectivity index (χ3v) is 4.31. The molecule has 4 heteroatoms. The van der Waals surface area contributed by atoms with Crippen molar-refractivity contribution in [3.8, 4) is 0 Å². The van der Waals surface area contributed by atoms with Crippen LogP contribution in [0.15, 0.2) is 24.3 Å². The zero-order chi connectivity index (χ0) is 16.2. The molecule has 1 heterocycles. The van der Waals surface area contributed by atoms with Crippen molar-refractivity contribution in [1.82, 2.24) is 5.32 Å². The Hall–Kier alpha value is -1.55. The number of nitrogens with one attached hydrogen (secondary N) is 1. The van der Waals surface area contributed by atoms with Crippen LogP contribution in [-0.4, -0.2) is 36.8 Å². The number of carbonyl (C=O) groups excluding carboxylic acids is 1. The fraction of sp³-hybridized carbons (Fsp3) is 0.611. The summed E-state index contributed by atoms with van der Waals surface area (Å²) in [5.74, 6) is -0.131. The first-order valence-corrected chi connectivity index (χ1v) is 8.19. The van der Waals surface area contributed by atoms with Gasteiger partial charge < -0.3 is 15.3 Å². The molecule has 0 saturated carbocycles. The van der Waals surface area contributed by atoms with Crippen LogP contribution in [0.2, 0.25) is 0 Å². The van der Waals surface area contributed by atoms with Crippen LogP contribution in [0.1, 0.15) is 50.4 Å². The summed E-state index contributed by atoms with van der Waals surface area (Å²) in [4.78, 5) is 14.5. The molecule has 0 bridgehead atoms. The third-order valence-electron chi connectivity index (χ3n) is 4.31. The predicted molar refractivity (Wildman–Crippen MR) is 90.3 cm³/mol. The summed E-state index contributed by atoms with van der Waals surface area (Å²) < 4.78 is 0. The quantitative estimate of drug-likeness (QED) is 0.899. The maximum absolute atomic E-state index is 12.1. The number of anilines is 1. The molecule has 1 aliphatic rings. The molecule has 1 atom stereocenters. The molecule has 0 radical (unpaired) electrons. The van der Waals surface area contributed by atoms with Crippen molar-refractivity contribution in [1.29, 1.82) is 0 Å². The molecule has 0 aliphatic carbocycles. The molecule has 0 aromatic heterocycles. The van der Waals surface area contributed by atoms with E-state index in [9.17, 15) is 9.90 Å². The maximum Gasteiger partial charge on any atom is 0.251 e. The summed E-state index contributed by atoms with van der Waals surface area (Å²) in [5, 5.41) is 12.8. The minimum absolute atomic E-state index is 0.131. The van der Waals surface area contributed by atoms with Gasteiger partial charge in [-0.2, -0.15) is 0 Å². The molecule has 0 unspecified atom stereocenters. The zero-order valence-corrected chi connectivity index (χ0v) is 13.9. The second-order valence-electron chi connectivity index (χ2n) is 7.19. The van der Waals surface area contributed by atoms with Crippen molar-refractivity contribution in [3.63, 3.8) is 0 Å². The lowest BCUT2D eigenvalue weighted by atomic mass is 9.89. The molecule has 0 spiro atoms. The molecule has 22 heavy (non-hydrogen) atoms. The molecule has 122 valence electrons. The monoisotopic (exact) mass is 304 g/mol. The number of nitrogens with zero attached hydrogens (tertiary/aromatic N) is 1. The van der Waals surface area contributed by atoms with Gasteiger partial charge in [0, 0.05) is 30.9 Å². The van der Waals surface area contributed by atoms with E-state index in [2.05, 4.69) is 10.2 Å². The predicted octanol–water partition coefficient (Wildman–Crippen LogP) is 2.81. The minimum Gasteiger partial charge on any atom is -0.391 e. The van der Waals surface area contributed by atoms with Crippen LogP contribution < -0.4 is 10.2 Å². The lowest BCUT2D eigenvalue weighted by molar-refractivity contribution is 0.0587. The lowest BCUT2D eigenvalue weighted by Crippen LogP contribution is -2.39. The summed E-state index contributed by atoms with van der Waals surface area (Å²) in [7, 11) is 0. The van der Waals surface area contributed by atoms with Crippen molar-refractivity contribution < 1.29 is 9.90 Å². The van der Waals surface area contributed by atoms with Crippen molar-refractivity contribution in [2.75, 3.05) is 24.5 Å². The molecular formula is C18H28N2O2. The minimum atomic E-state index is -0.552. The summed E-state index contributed by atoms with van der Waals surface area (Å²) >= 11 is 0. The van der Waals surface area contributed by atoms with Crippen molar-refractivity contribution >= 4 is 11.6 Å². The Morgan fingerprint density at radius 1 is 1.18 bits per heavy atom. The number of amides is 1. The maximum atomic E-state index is 12.1. The first-order chi connectivity index (χ1) is 10.4. The van der Waals surface area contributed by atoms with Crippen molar-refractivity contribution in [3.05, 3.63) is 29.8 Å². The Morgan fingerprint density at radius 3 is 2.32 bits per heavy atom. The zero-order valence-electron chi connectivity index (χ0n) is 13.9. The van der Waals surface area contributed by atoms with Gasteiger partial charge in [-0.1, -0.05) is 20.8 Å². The Morgan fingerprint density at radius 2 is 1.77 bits per heavy atom. The number of carbonyl (C=O) groups is 1. The molecule has 1 aliphatic heterocycles. The molecule has 1 aromatic carbocycles. The smallest absolute Gasteiger partial charge is 0.251 e. The van der Waals surface area contributed by atoms with Gasteiger partial charge in [-0.05, 0) is 48.9 Å². The first kappa shape index (κ1) is 16.8. The SMILES string of the molecule is CC(C)(C)[C@@H](O)CNC(=O)c1ccc(N2CCCCC2)cc1. The van der Waals surface area contributed by atoms with E-state index in [1.54, 1.807) is 0 Å². The van der Waals surface area contributed by atoms with E-state index in [-0.39, 0.29) is 17.9 Å². The number of rotatable bonds is 4. The van der Waals surface area contributed by atoms with Gasteiger partial charge in [0.2, 0.25) is 0 Å². The average Bonchev–Trinajstić information content (AvgIpc) is 2.52. The number of aliphatic hydroxyl groups is 1. The van der Waals surface area contributed by atoms with Crippen LogP contribution in [0.3, 0.4) is 0 Å². The highest BCUT2D eigenvalue weighted by atomic mass is 16.3. The van der Waals surface area contributed by atoms with Gasteiger partial charge in [0.1, 0.15) is 0 Å². The fourth-order valence-corrected chi connectivity index (χ4v) is 2.57. The van der Waals surface area contributed by atoms with Gasteiger partial charge in [-0.3, -0.25) is 4.79 Å². The van der Waals surface area contributed by atoms with Gasteiger partial charge in [-0.25, -0.2) is 0 Å².